The number of hydrogen-bond acceptors (Lipinski definition) is 7. The fourth-order valence-electron chi connectivity index (χ4n) is 4.23. The van der Waals surface area contributed by atoms with Crippen LogP contribution in [0.25, 0.3) is 10.2 Å². The van der Waals surface area contributed by atoms with Crippen molar-refractivity contribution in [2.75, 3.05) is 38.5 Å². The van der Waals surface area contributed by atoms with Crippen LogP contribution in [-0.4, -0.2) is 64.2 Å². The van der Waals surface area contributed by atoms with Crippen molar-refractivity contribution in [3.05, 3.63) is 46.1 Å². The smallest absolute Gasteiger partial charge is 0.233 e. The second-order valence-corrected chi connectivity index (χ2v) is 10.3. The minimum atomic E-state index is 0.190. The molecule has 0 atom stereocenters. The minimum Gasteiger partial charge on any atom is -0.493 e. The molecule has 1 saturated heterocycles. The lowest BCUT2D eigenvalue weighted by molar-refractivity contribution is -0.130. The SMILES string of the molecule is Cc1sc2ncnc(SCC(=O)N3CCN(Cc4ccc5c(c4)CCO5)CC3)c2c1C. The van der Waals surface area contributed by atoms with E-state index < -0.39 is 0 Å². The molecule has 4 heterocycles. The molecular weight excluding hydrogens is 428 g/mol. The highest BCUT2D eigenvalue weighted by atomic mass is 32.2. The molecule has 2 aliphatic heterocycles. The van der Waals surface area contributed by atoms with E-state index >= 15 is 0 Å². The Morgan fingerprint density at radius 3 is 2.87 bits per heavy atom. The average Bonchev–Trinajstić information content (AvgIpc) is 3.36. The summed E-state index contributed by atoms with van der Waals surface area (Å²) < 4.78 is 5.60. The largest absolute Gasteiger partial charge is 0.493 e. The van der Waals surface area contributed by atoms with Gasteiger partial charge in [-0.25, -0.2) is 9.97 Å². The molecule has 2 aliphatic rings. The molecule has 5 rings (SSSR count). The number of carbonyl (C=O) groups is 1. The summed E-state index contributed by atoms with van der Waals surface area (Å²) >= 11 is 3.22. The van der Waals surface area contributed by atoms with Gasteiger partial charge in [0.1, 0.15) is 21.9 Å². The Hall–Kier alpha value is -2.16. The Labute approximate surface area is 190 Å². The number of thioether (sulfide) groups is 1. The number of benzene rings is 1. The molecule has 0 radical (unpaired) electrons. The Kier molecular flexibility index (Phi) is 5.86. The van der Waals surface area contributed by atoms with Crippen molar-refractivity contribution in [2.24, 2.45) is 0 Å². The second kappa shape index (κ2) is 8.76. The van der Waals surface area contributed by atoms with E-state index in [-0.39, 0.29) is 5.91 Å². The van der Waals surface area contributed by atoms with Crippen molar-refractivity contribution in [1.29, 1.82) is 0 Å². The van der Waals surface area contributed by atoms with E-state index in [0.717, 1.165) is 66.7 Å². The number of amides is 1. The number of thiophene rings is 1. The zero-order chi connectivity index (χ0) is 21.4. The number of ether oxygens (including phenoxy) is 1. The fraction of sp³-hybridized carbons (Fsp3) is 0.435. The molecule has 162 valence electrons. The van der Waals surface area contributed by atoms with Crippen LogP contribution in [0.3, 0.4) is 0 Å². The first-order valence-electron chi connectivity index (χ1n) is 10.7. The van der Waals surface area contributed by atoms with Crippen LogP contribution < -0.4 is 4.74 Å². The van der Waals surface area contributed by atoms with Gasteiger partial charge in [0.05, 0.1) is 12.4 Å². The standard InChI is InChI=1S/C23H26N4O2S2/c1-15-16(2)31-23-21(15)22(24-14-25-23)30-13-20(28)27-8-6-26(7-9-27)12-17-3-4-19-18(11-17)5-10-29-19/h3-4,11,14H,5-10,12-13H2,1-2H3. The highest BCUT2D eigenvalue weighted by Crippen LogP contribution is 2.34. The van der Waals surface area contributed by atoms with Gasteiger partial charge in [0.15, 0.2) is 0 Å². The summed E-state index contributed by atoms with van der Waals surface area (Å²) in [6.45, 7) is 9.32. The van der Waals surface area contributed by atoms with Crippen LogP contribution in [0.5, 0.6) is 5.75 Å². The molecule has 6 nitrogen and oxygen atoms in total. The molecule has 1 aromatic carbocycles. The van der Waals surface area contributed by atoms with Gasteiger partial charge in [-0.05, 0) is 36.6 Å². The summed E-state index contributed by atoms with van der Waals surface area (Å²) in [4.78, 5) is 28.4. The summed E-state index contributed by atoms with van der Waals surface area (Å²) in [6.07, 6.45) is 2.61. The van der Waals surface area contributed by atoms with Gasteiger partial charge >= 0.3 is 0 Å². The van der Waals surface area contributed by atoms with Gasteiger partial charge in [0, 0.05) is 49.4 Å². The monoisotopic (exact) mass is 454 g/mol. The molecule has 1 amide bonds. The third kappa shape index (κ3) is 4.29. The van der Waals surface area contributed by atoms with Crippen molar-refractivity contribution in [2.45, 2.75) is 31.8 Å². The molecule has 0 aliphatic carbocycles. The number of nitrogens with zero attached hydrogens (tertiary/aromatic N) is 4. The lowest BCUT2D eigenvalue weighted by Gasteiger charge is -2.34. The maximum atomic E-state index is 12.8. The Bertz CT molecular complexity index is 1120. The average molecular weight is 455 g/mol. The third-order valence-corrected chi connectivity index (χ3v) is 8.24. The van der Waals surface area contributed by atoms with Crippen LogP contribution in [-0.2, 0) is 17.8 Å². The van der Waals surface area contributed by atoms with Gasteiger partial charge < -0.3 is 9.64 Å². The van der Waals surface area contributed by atoms with Gasteiger partial charge in [0.25, 0.3) is 0 Å². The zero-order valence-corrected chi connectivity index (χ0v) is 19.5. The number of fused-ring (bicyclic) bond motifs is 2. The molecule has 3 aromatic rings. The van der Waals surface area contributed by atoms with E-state index in [2.05, 4.69) is 46.9 Å². The fourth-order valence-corrected chi connectivity index (χ4v) is 6.25. The molecule has 0 N–H and O–H groups in total. The molecule has 2 aromatic heterocycles. The van der Waals surface area contributed by atoms with E-state index in [9.17, 15) is 4.79 Å². The van der Waals surface area contributed by atoms with Gasteiger partial charge in [-0.15, -0.1) is 11.3 Å². The normalized spacial score (nSPS) is 16.5. The third-order valence-electron chi connectivity index (χ3n) is 6.15. The van der Waals surface area contributed by atoms with Crippen LogP contribution in [0.1, 0.15) is 21.6 Å². The molecule has 0 saturated carbocycles. The number of hydrogen-bond donors (Lipinski definition) is 0. The topological polar surface area (TPSA) is 58.6 Å². The Balaban J connectivity index is 1.15. The highest BCUT2D eigenvalue weighted by molar-refractivity contribution is 8.00. The van der Waals surface area contributed by atoms with Crippen LogP contribution in [0.4, 0.5) is 0 Å². The van der Waals surface area contributed by atoms with Gasteiger partial charge in [-0.2, -0.15) is 0 Å². The number of aromatic nitrogens is 2. The van der Waals surface area contributed by atoms with Crippen molar-refractivity contribution in [1.82, 2.24) is 19.8 Å². The van der Waals surface area contributed by atoms with E-state index in [0.29, 0.717) is 5.75 Å². The number of aryl methyl sites for hydroxylation is 2. The van der Waals surface area contributed by atoms with Crippen LogP contribution >= 0.6 is 23.1 Å². The lowest BCUT2D eigenvalue weighted by atomic mass is 10.1. The molecule has 0 bridgehead atoms. The molecular formula is C23H26N4O2S2. The second-order valence-electron chi connectivity index (χ2n) is 8.13. The maximum Gasteiger partial charge on any atom is 0.233 e. The first-order chi connectivity index (χ1) is 15.1. The summed E-state index contributed by atoms with van der Waals surface area (Å²) in [6, 6.07) is 6.53. The van der Waals surface area contributed by atoms with Crippen molar-refractivity contribution in [3.8, 4) is 5.75 Å². The van der Waals surface area contributed by atoms with Gasteiger partial charge in [-0.3, -0.25) is 9.69 Å². The van der Waals surface area contributed by atoms with Gasteiger partial charge in [0.2, 0.25) is 5.91 Å². The maximum absolute atomic E-state index is 12.8. The van der Waals surface area contributed by atoms with E-state index in [4.69, 9.17) is 4.74 Å². The van der Waals surface area contributed by atoms with E-state index in [1.165, 1.54) is 33.3 Å². The van der Waals surface area contributed by atoms with E-state index in [1.54, 1.807) is 17.7 Å². The number of piperazine rings is 1. The summed E-state index contributed by atoms with van der Waals surface area (Å²) in [5.41, 5.74) is 3.87. The quantitative estimate of drug-likeness (QED) is 0.433. The number of rotatable bonds is 5. The Morgan fingerprint density at radius 2 is 2.03 bits per heavy atom. The molecule has 1 fully saturated rings. The predicted octanol–water partition coefficient (Wildman–Crippen LogP) is 3.68. The number of carbonyl (C=O) groups excluding carboxylic acids is 1. The molecule has 0 unspecified atom stereocenters. The van der Waals surface area contributed by atoms with Crippen molar-refractivity contribution >= 4 is 39.2 Å². The van der Waals surface area contributed by atoms with E-state index in [1.807, 2.05) is 4.90 Å². The van der Waals surface area contributed by atoms with Crippen molar-refractivity contribution < 1.29 is 9.53 Å². The lowest BCUT2D eigenvalue weighted by Crippen LogP contribution is -2.48. The van der Waals surface area contributed by atoms with Gasteiger partial charge in [-0.1, -0.05) is 23.9 Å². The molecule has 31 heavy (non-hydrogen) atoms. The first kappa shape index (κ1) is 20.7. The van der Waals surface area contributed by atoms with Crippen LogP contribution in [0.2, 0.25) is 0 Å². The molecule has 0 spiro atoms. The first-order valence-corrected chi connectivity index (χ1v) is 12.5. The van der Waals surface area contributed by atoms with Crippen molar-refractivity contribution in [3.63, 3.8) is 0 Å². The zero-order valence-electron chi connectivity index (χ0n) is 17.9. The Morgan fingerprint density at radius 1 is 1.19 bits per heavy atom. The summed E-state index contributed by atoms with van der Waals surface area (Å²) in [5, 5.41) is 2.02. The summed E-state index contributed by atoms with van der Waals surface area (Å²) in [7, 11) is 0. The van der Waals surface area contributed by atoms with Crippen LogP contribution in [0, 0.1) is 13.8 Å². The molecule has 8 heteroatoms. The van der Waals surface area contributed by atoms with Crippen LogP contribution in [0.15, 0.2) is 29.6 Å². The minimum absolute atomic E-state index is 0.190. The predicted molar refractivity (Wildman–Crippen MR) is 125 cm³/mol. The highest BCUT2D eigenvalue weighted by Gasteiger charge is 2.22. The summed E-state index contributed by atoms with van der Waals surface area (Å²) in [5.74, 6) is 1.65.